The standard InChI is InChI=1S/C11H12ClNO/c1-2-3-11(14)13-8-9-4-6-10(12)7-5-9/h2-7H,8H2,1H3,(H,13,14). The Hall–Kier alpha value is -1.28. The summed E-state index contributed by atoms with van der Waals surface area (Å²) in [6, 6.07) is 7.38. The van der Waals surface area contributed by atoms with Crippen molar-refractivity contribution in [2.75, 3.05) is 0 Å². The van der Waals surface area contributed by atoms with Gasteiger partial charge in [-0.05, 0) is 30.7 Å². The Bertz CT molecular complexity index is 330. The molecule has 2 nitrogen and oxygen atoms in total. The molecule has 0 saturated heterocycles. The molecule has 0 aliphatic carbocycles. The Kier molecular flexibility index (Phi) is 4.20. The second-order valence-electron chi connectivity index (χ2n) is 2.84. The highest BCUT2D eigenvalue weighted by Crippen LogP contribution is 2.08. The molecule has 0 aliphatic heterocycles. The van der Waals surface area contributed by atoms with E-state index in [-0.39, 0.29) is 5.91 Å². The third-order valence-electron chi connectivity index (χ3n) is 1.70. The van der Waals surface area contributed by atoms with E-state index in [1.54, 1.807) is 18.2 Å². The number of carbonyl (C=O) groups is 1. The molecule has 1 N–H and O–H groups in total. The molecule has 0 unspecified atom stereocenters. The van der Waals surface area contributed by atoms with Crippen LogP contribution < -0.4 is 5.32 Å². The Morgan fingerprint density at radius 1 is 1.43 bits per heavy atom. The van der Waals surface area contributed by atoms with Gasteiger partial charge in [0.05, 0.1) is 0 Å². The first-order valence-corrected chi connectivity index (χ1v) is 4.75. The Morgan fingerprint density at radius 3 is 2.64 bits per heavy atom. The molecule has 0 aromatic heterocycles. The molecular weight excluding hydrogens is 198 g/mol. The number of halogens is 1. The van der Waals surface area contributed by atoms with Gasteiger partial charge in [-0.25, -0.2) is 0 Å². The molecule has 14 heavy (non-hydrogen) atoms. The molecule has 1 amide bonds. The summed E-state index contributed by atoms with van der Waals surface area (Å²) < 4.78 is 0. The average molecular weight is 210 g/mol. The van der Waals surface area contributed by atoms with Gasteiger partial charge in [-0.2, -0.15) is 0 Å². The fourth-order valence-corrected chi connectivity index (χ4v) is 1.13. The monoisotopic (exact) mass is 209 g/mol. The van der Waals surface area contributed by atoms with Gasteiger partial charge in [0.2, 0.25) is 5.91 Å². The number of hydrogen-bond donors (Lipinski definition) is 1. The Morgan fingerprint density at radius 2 is 2.07 bits per heavy atom. The predicted molar refractivity (Wildman–Crippen MR) is 58.1 cm³/mol. The summed E-state index contributed by atoms with van der Waals surface area (Å²) in [5, 5.41) is 3.45. The van der Waals surface area contributed by atoms with Crippen molar-refractivity contribution in [3.63, 3.8) is 0 Å². The lowest BCUT2D eigenvalue weighted by molar-refractivity contribution is -0.116. The Balaban J connectivity index is 2.46. The third-order valence-corrected chi connectivity index (χ3v) is 1.95. The largest absolute Gasteiger partial charge is 0.348 e. The smallest absolute Gasteiger partial charge is 0.243 e. The molecule has 3 heteroatoms. The van der Waals surface area contributed by atoms with E-state index in [4.69, 9.17) is 11.6 Å². The van der Waals surface area contributed by atoms with Crippen molar-refractivity contribution < 1.29 is 4.79 Å². The van der Waals surface area contributed by atoms with Crippen LogP contribution >= 0.6 is 11.6 Å². The molecule has 0 aliphatic rings. The minimum absolute atomic E-state index is 0.0811. The van der Waals surface area contributed by atoms with Crippen LogP contribution in [-0.2, 0) is 11.3 Å². The normalized spacial score (nSPS) is 10.4. The van der Waals surface area contributed by atoms with Crippen LogP contribution in [0.15, 0.2) is 36.4 Å². The van der Waals surface area contributed by atoms with Crippen molar-refractivity contribution in [1.29, 1.82) is 0 Å². The number of benzene rings is 1. The number of hydrogen-bond acceptors (Lipinski definition) is 1. The number of carbonyl (C=O) groups excluding carboxylic acids is 1. The van der Waals surface area contributed by atoms with Crippen molar-refractivity contribution in [3.8, 4) is 0 Å². The van der Waals surface area contributed by atoms with Gasteiger partial charge in [0.15, 0.2) is 0 Å². The summed E-state index contributed by atoms with van der Waals surface area (Å²) in [7, 11) is 0. The summed E-state index contributed by atoms with van der Waals surface area (Å²) >= 11 is 5.73. The molecule has 0 atom stereocenters. The van der Waals surface area contributed by atoms with Gasteiger partial charge >= 0.3 is 0 Å². The summed E-state index contributed by atoms with van der Waals surface area (Å²) in [6.45, 7) is 2.34. The van der Waals surface area contributed by atoms with Crippen molar-refractivity contribution in [3.05, 3.63) is 47.0 Å². The highest BCUT2D eigenvalue weighted by Gasteiger charge is 1.95. The van der Waals surface area contributed by atoms with Crippen molar-refractivity contribution >= 4 is 17.5 Å². The minimum atomic E-state index is -0.0811. The summed E-state index contributed by atoms with van der Waals surface area (Å²) in [5.74, 6) is -0.0811. The average Bonchev–Trinajstić information content (AvgIpc) is 2.17. The van der Waals surface area contributed by atoms with Crippen molar-refractivity contribution in [2.45, 2.75) is 13.5 Å². The molecule has 0 spiro atoms. The molecule has 1 aromatic carbocycles. The van der Waals surface area contributed by atoms with Crippen LogP contribution in [0.1, 0.15) is 12.5 Å². The van der Waals surface area contributed by atoms with Crippen molar-refractivity contribution in [2.24, 2.45) is 0 Å². The summed E-state index contributed by atoms with van der Waals surface area (Å²) in [5.41, 5.74) is 1.03. The van der Waals surface area contributed by atoms with Gasteiger partial charge in [0, 0.05) is 11.6 Å². The first kappa shape index (κ1) is 10.8. The van der Waals surface area contributed by atoms with E-state index in [0.29, 0.717) is 11.6 Å². The second-order valence-corrected chi connectivity index (χ2v) is 3.28. The quantitative estimate of drug-likeness (QED) is 0.762. The molecule has 1 rings (SSSR count). The first-order chi connectivity index (χ1) is 6.72. The van der Waals surface area contributed by atoms with E-state index >= 15 is 0 Å². The number of nitrogens with one attached hydrogen (secondary N) is 1. The van der Waals surface area contributed by atoms with E-state index in [1.807, 2.05) is 19.1 Å². The number of amides is 1. The van der Waals surface area contributed by atoms with Gasteiger partial charge in [-0.15, -0.1) is 0 Å². The SMILES string of the molecule is CC=CC(=O)NCc1ccc(Cl)cc1. The maximum Gasteiger partial charge on any atom is 0.243 e. The molecule has 0 fully saturated rings. The van der Waals surface area contributed by atoms with Gasteiger partial charge in [0.25, 0.3) is 0 Å². The molecule has 1 aromatic rings. The van der Waals surface area contributed by atoms with E-state index in [2.05, 4.69) is 5.32 Å². The summed E-state index contributed by atoms with van der Waals surface area (Å²) in [4.78, 5) is 11.1. The maximum absolute atomic E-state index is 11.1. The van der Waals surface area contributed by atoms with Gasteiger partial charge in [-0.3, -0.25) is 4.79 Å². The van der Waals surface area contributed by atoms with Crippen LogP contribution in [0.2, 0.25) is 5.02 Å². The lowest BCUT2D eigenvalue weighted by atomic mass is 10.2. The first-order valence-electron chi connectivity index (χ1n) is 4.37. The zero-order chi connectivity index (χ0) is 10.4. The highest BCUT2D eigenvalue weighted by atomic mass is 35.5. The molecule has 74 valence electrons. The number of allylic oxidation sites excluding steroid dienone is 1. The topological polar surface area (TPSA) is 29.1 Å². The molecule has 0 saturated carbocycles. The van der Waals surface area contributed by atoms with E-state index < -0.39 is 0 Å². The van der Waals surface area contributed by atoms with Gasteiger partial charge in [0.1, 0.15) is 0 Å². The number of rotatable bonds is 3. The minimum Gasteiger partial charge on any atom is -0.348 e. The molecule has 0 bridgehead atoms. The van der Waals surface area contributed by atoms with Crippen LogP contribution in [0.4, 0.5) is 0 Å². The van der Waals surface area contributed by atoms with Crippen LogP contribution in [-0.4, -0.2) is 5.91 Å². The van der Waals surface area contributed by atoms with E-state index in [0.717, 1.165) is 5.56 Å². The van der Waals surface area contributed by atoms with Gasteiger partial charge in [-0.1, -0.05) is 29.8 Å². The second kappa shape index (κ2) is 5.45. The molecule has 0 heterocycles. The zero-order valence-corrected chi connectivity index (χ0v) is 8.71. The van der Waals surface area contributed by atoms with E-state index in [1.165, 1.54) is 6.08 Å². The Labute approximate surface area is 88.6 Å². The molecular formula is C11H12ClNO. The third kappa shape index (κ3) is 3.62. The van der Waals surface area contributed by atoms with Crippen LogP contribution in [0.5, 0.6) is 0 Å². The van der Waals surface area contributed by atoms with Gasteiger partial charge < -0.3 is 5.32 Å². The fraction of sp³-hybridized carbons (Fsp3) is 0.182. The van der Waals surface area contributed by atoms with Crippen molar-refractivity contribution in [1.82, 2.24) is 5.32 Å². The summed E-state index contributed by atoms with van der Waals surface area (Å²) in [6.07, 6.45) is 3.20. The highest BCUT2D eigenvalue weighted by molar-refractivity contribution is 6.30. The van der Waals surface area contributed by atoms with Crippen LogP contribution in [0.3, 0.4) is 0 Å². The van der Waals surface area contributed by atoms with Crippen LogP contribution in [0, 0.1) is 0 Å². The lowest BCUT2D eigenvalue weighted by Crippen LogP contribution is -2.20. The lowest BCUT2D eigenvalue weighted by Gasteiger charge is -2.02. The fourth-order valence-electron chi connectivity index (χ4n) is 1.00. The zero-order valence-electron chi connectivity index (χ0n) is 7.96. The molecule has 0 radical (unpaired) electrons. The maximum atomic E-state index is 11.1. The predicted octanol–water partition coefficient (Wildman–Crippen LogP) is 2.53. The van der Waals surface area contributed by atoms with Crippen LogP contribution in [0.25, 0.3) is 0 Å². The van der Waals surface area contributed by atoms with E-state index in [9.17, 15) is 4.79 Å².